The molecule has 1 aromatic heterocycles. The van der Waals surface area contributed by atoms with Gasteiger partial charge in [0.15, 0.2) is 0 Å². The fourth-order valence-electron chi connectivity index (χ4n) is 3.28. The molecule has 0 atom stereocenters. The first kappa shape index (κ1) is 19.5. The smallest absolute Gasteiger partial charge is 0.339 e. The second kappa shape index (κ2) is 9.09. The fourth-order valence-corrected chi connectivity index (χ4v) is 3.28. The molecule has 5 heteroatoms. The molecule has 0 radical (unpaired) electrons. The number of methoxy groups -OCH3 is 1. The summed E-state index contributed by atoms with van der Waals surface area (Å²) < 4.78 is 10.9. The van der Waals surface area contributed by atoms with Crippen LogP contribution in [0.1, 0.15) is 21.5 Å². The lowest BCUT2D eigenvalue weighted by Gasteiger charge is -2.15. The lowest BCUT2D eigenvalue weighted by molar-refractivity contribution is 0.0600. The number of carbonyl (C=O) groups excluding carboxylic acids is 1. The molecule has 1 heterocycles. The molecular formula is C25H22N2O3. The first-order valence-electron chi connectivity index (χ1n) is 9.70. The molecule has 4 rings (SSSR count). The number of aromatic nitrogens is 1. The van der Waals surface area contributed by atoms with E-state index in [1.807, 2.05) is 48.5 Å². The van der Waals surface area contributed by atoms with E-state index in [4.69, 9.17) is 9.47 Å². The van der Waals surface area contributed by atoms with Gasteiger partial charge >= 0.3 is 5.97 Å². The Balaban J connectivity index is 1.57. The minimum atomic E-state index is -0.403. The van der Waals surface area contributed by atoms with E-state index in [9.17, 15) is 4.79 Å². The van der Waals surface area contributed by atoms with Gasteiger partial charge in [0.25, 0.3) is 0 Å². The van der Waals surface area contributed by atoms with Gasteiger partial charge in [-0.2, -0.15) is 0 Å². The van der Waals surface area contributed by atoms with Crippen LogP contribution in [0.5, 0.6) is 5.75 Å². The summed E-state index contributed by atoms with van der Waals surface area (Å²) in [7, 11) is 1.35. The zero-order chi connectivity index (χ0) is 20.8. The molecule has 5 nitrogen and oxygen atoms in total. The highest BCUT2D eigenvalue weighted by Crippen LogP contribution is 2.29. The van der Waals surface area contributed by atoms with E-state index in [1.54, 1.807) is 12.1 Å². The molecule has 0 spiro atoms. The van der Waals surface area contributed by atoms with Crippen LogP contribution in [0.25, 0.3) is 10.8 Å². The lowest BCUT2D eigenvalue weighted by Crippen LogP contribution is -2.07. The largest absolute Gasteiger partial charge is 0.489 e. The van der Waals surface area contributed by atoms with Gasteiger partial charge in [-0.25, -0.2) is 9.78 Å². The number of hydrogen-bond donors (Lipinski definition) is 1. The molecule has 150 valence electrons. The maximum atomic E-state index is 11.6. The Morgan fingerprint density at radius 1 is 0.933 bits per heavy atom. The SMILES string of the molecule is COC(=O)c1ccc(NCc2c(OCc3ccccc3)ccc3ccccc23)nc1. The molecule has 4 aromatic rings. The minimum Gasteiger partial charge on any atom is -0.489 e. The van der Waals surface area contributed by atoms with E-state index in [-0.39, 0.29) is 0 Å². The van der Waals surface area contributed by atoms with Crippen LogP contribution in [-0.2, 0) is 17.9 Å². The van der Waals surface area contributed by atoms with Crippen molar-refractivity contribution < 1.29 is 14.3 Å². The third-order valence-electron chi connectivity index (χ3n) is 4.87. The summed E-state index contributed by atoms with van der Waals surface area (Å²) >= 11 is 0. The molecule has 0 saturated carbocycles. The molecule has 0 aliphatic rings. The maximum Gasteiger partial charge on any atom is 0.339 e. The van der Waals surface area contributed by atoms with Gasteiger partial charge < -0.3 is 14.8 Å². The van der Waals surface area contributed by atoms with E-state index in [2.05, 4.69) is 28.5 Å². The number of nitrogens with one attached hydrogen (secondary N) is 1. The maximum absolute atomic E-state index is 11.6. The Bertz CT molecular complexity index is 1140. The summed E-state index contributed by atoms with van der Waals surface area (Å²) in [5, 5.41) is 5.61. The van der Waals surface area contributed by atoms with Gasteiger partial charge in [-0.1, -0.05) is 60.7 Å². The van der Waals surface area contributed by atoms with Crippen LogP contribution in [0.2, 0.25) is 0 Å². The number of ether oxygens (including phenoxy) is 2. The molecule has 0 aliphatic heterocycles. The van der Waals surface area contributed by atoms with E-state index >= 15 is 0 Å². The fraction of sp³-hybridized carbons (Fsp3) is 0.120. The molecule has 30 heavy (non-hydrogen) atoms. The molecule has 0 fully saturated rings. The Morgan fingerprint density at radius 3 is 2.50 bits per heavy atom. The topological polar surface area (TPSA) is 60.5 Å². The van der Waals surface area contributed by atoms with Crippen molar-refractivity contribution >= 4 is 22.6 Å². The van der Waals surface area contributed by atoms with Crippen LogP contribution in [0.15, 0.2) is 85.1 Å². The Labute approximate surface area is 175 Å². The van der Waals surface area contributed by atoms with Crippen molar-refractivity contribution in [2.24, 2.45) is 0 Å². The number of rotatable bonds is 7. The first-order valence-corrected chi connectivity index (χ1v) is 9.70. The second-order valence-corrected chi connectivity index (χ2v) is 6.81. The Hall–Kier alpha value is -3.86. The van der Waals surface area contributed by atoms with Gasteiger partial charge in [0, 0.05) is 18.3 Å². The van der Waals surface area contributed by atoms with Crippen LogP contribution >= 0.6 is 0 Å². The number of nitrogens with zero attached hydrogens (tertiary/aromatic N) is 1. The number of pyridine rings is 1. The van der Waals surface area contributed by atoms with E-state index in [0.717, 1.165) is 27.6 Å². The van der Waals surface area contributed by atoms with Crippen LogP contribution in [0.3, 0.4) is 0 Å². The summed E-state index contributed by atoms with van der Waals surface area (Å²) in [4.78, 5) is 15.9. The third kappa shape index (κ3) is 4.41. The predicted molar refractivity (Wildman–Crippen MR) is 118 cm³/mol. The average Bonchev–Trinajstić information content (AvgIpc) is 2.82. The molecule has 0 aliphatic carbocycles. The predicted octanol–water partition coefficient (Wildman–Crippen LogP) is 5.21. The van der Waals surface area contributed by atoms with Crippen molar-refractivity contribution in [1.82, 2.24) is 4.98 Å². The summed E-state index contributed by atoms with van der Waals surface area (Å²) in [5.74, 6) is 1.10. The van der Waals surface area contributed by atoms with E-state index < -0.39 is 5.97 Å². The summed E-state index contributed by atoms with van der Waals surface area (Å²) in [5.41, 5.74) is 2.59. The number of hydrogen-bond acceptors (Lipinski definition) is 5. The highest BCUT2D eigenvalue weighted by molar-refractivity contribution is 5.89. The zero-order valence-corrected chi connectivity index (χ0v) is 16.7. The Morgan fingerprint density at radius 2 is 1.73 bits per heavy atom. The molecule has 0 unspecified atom stereocenters. The number of benzene rings is 3. The molecule has 0 amide bonds. The number of fused-ring (bicyclic) bond motifs is 1. The molecule has 0 saturated heterocycles. The van der Waals surface area contributed by atoms with Crippen LogP contribution in [0, 0.1) is 0 Å². The van der Waals surface area contributed by atoms with Gasteiger partial charge in [-0.3, -0.25) is 0 Å². The van der Waals surface area contributed by atoms with Gasteiger partial charge in [-0.15, -0.1) is 0 Å². The third-order valence-corrected chi connectivity index (χ3v) is 4.87. The van der Waals surface area contributed by atoms with E-state index in [0.29, 0.717) is 24.5 Å². The summed E-state index contributed by atoms with van der Waals surface area (Å²) in [6, 6.07) is 25.9. The van der Waals surface area contributed by atoms with Crippen LogP contribution in [0.4, 0.5) is 5.82 Å². The second-order valence-electron chi connectivity index (χ2n) is 6.81. The van der Waals surface area contributed by atoms with Crippen molar-refractivity contribution in [3.63, 3.8) is 0 Å². The van der Waals surface area contributed by atoms with Crippen molar-refractivity contribution in [1.29, 1.82) is 0 Å². The van der Waals surface area contributed by atoms with Crippen molar-refractivity contribution in [3.05, 3.63) is 102 Å². The number of esters is 1. The molecule has 0 bridgehead atoms. The molecule has 3 aromatic carbocycles. The van der Waals surface area contributed by atoms with Gasteiger partial charge in [-0.05, 0) is 34.5 Å². The highest BCUT2D eigenvalue weighted by atomic mass is 16.5. The standard InChI is InChI=1S/C25H22N2O3/c1-29-25(28)20-12-14-24(26-15-20)27-16-22-21-10-6-5-9-19(21)11-13-23(22)30-17-18-7-3-2-4-8-18/h2-15H,16-17H2,1H3,(H,26,27). The quantitative estimate of drug-likeness (QED) is 0.433. The monoisotopic (exact) mass is 398 g/mol. The Kier molecular flexibility index (Phi) is 5.90. The highest BCUT2D eigenvalue weighted by Gasteiger charge is 2.11. The number of anilines is 1. The van der Waals surface area contributed by atoms with Crippen LogP contribution in [-0.4, -0.2) is 18.1 Å². The van der Waals surface area contributed by atoms with Gasteiger partial charge in [0.05, 0.1) is 12.7 Å². The molecular weight excluding hydrogens is 376 g/mol. The van der Waals surface area contributed by atoms with Gasteiger partial charge in [0.2, 0.25) is 0 Å². The van der Waals surface area contributed by atoms with E-state index in [1.165, 1.54) is 13.3 Å². The van der Waals surface area contributed by atoms with Crippen molar-refractivity contribution in [2.75, 3.05) is 12.4 Å². The van der Waals surface area contributed by atoms with Crippen LogP contribution < -0.4 is 10.1 Å². The molecule has 1 N–H and O–H groups in total. The zero-order valence-electron chi connectivity index (χ0n) is 16.7. The minimum absolute atomic E-state index is 0.403. The average molecular weight is 398 g/mol. The van der Waals surface area contributed by atoms with Crippen molar-refractivity contribution in [2.45, 2.75) is 13.2 Å². The lowest BCUT2D eigenvalue weighted by atomic mass is 10.0. The van der Waals surface area contributed by atoms with Crippen molar-refractivity contribution in [3.8, 4) is 5.75 Å². The first-order chi connectivity index (χ1) is 14.7. The summed E-state index contributed by atoms with van der Waals surface area (Å²) in [6.07, 6.45) is 1.50. The normalized spacial score (nSPS) is 10.6. The number of carbonyl (C=O) groups is 1. The summed E-state index contributed by atoms with van der Waals surface area (Å²) in [6.45, 7) is 1.04. The van der Waals surface area contributed by atoms with Gasteiger partial charge in [0.1, 0.15) is 18.2 Å².